The Balaban J connectivity index is 1.18. The summed E-state index contributed by atoms with van der Waals surface area (Å²) in [6.45, 7) is 0.664. The first-order valence-electron chi connectivity index (χ1n) is 13.9. The highest BCUT2D eigenvalue weighted by Gasteiger charge is 2.27. The van der Waals surface area contributed by atoms with Crippen LogP contribution < -0.4 is 10.3 Å². The van der Waals surface area contributed by atoms with E-state index >= 15 is 4.39 Å². The predicted molar refractivity (Wildman–Crippen MR) is 157 cm³/mol. The van der Waals surface area contributed by atoms with Gasteiger partial charge in [-0.15, -0.1) is 0 Å². The fourth-order valence-corrected chi connectivity index (χ4v) is 5.71. The monoisotopic (exact) mass is 559 g/mol. The van der Waals surface area contributed by atoms with Crippen LogP contribution in [0, 0.1) is 5.82 Å². The van der Waals surface area contributed by atoms with Crippen LogP contribution in [0.15, 0.2) is 96.2 Å². The molecule has 208 valence electrons. The van der Waals surface area contributed by atoms with Gasteiger partial charge in [0.2, 0.25) is 5.88 Å². The number of ketones is 1. The summed E-state index contributed by atoms with van der Waals surface area (Å²) in [5.74, 6) is -0.779. The molecular formula is C33H26FN5O3. The SMILES string of the molecule is O=C(Cc1ccc(Oc2ncnc3[nH]cc(-c4ccccc4)c23)c(F)c1)c1c2n(n(-c3ccccc3)c1=O)CCCC2. The normalized spacial score (nSPS) is 12.8. The number of benzene rings is 3. The van der Waals surface area contributed by atoms with Gasteiger partial charge in [0.15, 0.2) is 17.3 Å². The maximum absolute atomic E-state index is 15.4. The summed E-state index contributed by atoms with van der Waals surface area (Å²) < 4.78 is 24.8. The van der Waals surface area contributed by atoms with Gasteiger partial charge in [0, 0.05) is 24.7 Å². The number of para-hydroxylation sites is 1. The summed E-state index contributed by atoms with van der Waals surface area (Å²) in [5, 5.41) is 0.635. The zero-order valence-corrected chi connectivity index (χ0v) is 22.6. The van der Waals surface area contributed by atoms with Crippen LogP contribution >= 0.6 is 0 Å². The quantitative estimate of drug-likeness (QED) is 0.233. The minimum atomic E-state index is -0.635. The van der Waals surface area contributed by atoms with Gasteiger partial charge in [0.1, 0.15) is 17.5 Å². The molecule has 7 rings (SSSR count). The highest BCUT2D eigenvalue weighted by molar-refractivity contribution is 5.99. The first kappa shape index (κ1) is 25.6. The molecule has 3 aromatic carbocycles. The first-order chi connectivity index (χ1) is 20.6. The number of carbonyl (C=O) groups excluding carboxylic acids is 1. The minimum Gasteiger partial charge on any atom is -0.435 e. The summed E-state index contributed by atoms with van der Waals surface area (Å²) >= 11 is 0. The van der Waals surface area contributed by atoms with Gasteiger partial charge in [-0.3, -0.25) is 14.3 Å². The number of hydrogen-bond donors (Lipinski definition) is 1. The molecule has 42 heavy (non-hydrogen) atoms. The Morgan fingerprint density at radius 1 is 0.976 bits per heavy atom. The fourth-order valence-electron chi connectivity index (χ4n) is 5.71. The maximum Gasteiger partial charge on any atom is 0.282 e. The Kier molecular flexibility index (Phi) is 6.46. The molecule has 8 nitrogen and oxygen atoms in total. The third-order valence-corrected chi connectivity index (χ3v) is 7.65. The molecule has 0 amide bonds. The molecule has 4 heterocycles. The van der Waals surface area contributed by atoms with Gasteiger partial charge in [-0.2, -0.15) is 0 Å². The van der Waals surface area contributed by atoms with Crippen LogP contribution in [0.5, 0.6) is 11.6 Å². The number of nitrogens with one attached hydrogen (secondary N) is 1. The van der Waals surface area contributed by atoms with Gasteiger partial charge in [-0.05, 0) is 54.7 Å². The molecule has 1 aliphatic heterocycles. The van der Waals surface area contributed by atoms with Crippen LogP contribution in [0.4, 0.5) is 4.39 Å². The number of halogens is 1. The molecule has 0 fully saturated rings. The van der Waals surface area contributed by atoms with Crippen LogP contribution in [0.3, 0.4) is 0 Å². The summed E-state index contributed by atoms with van der Waals surface area (Å²) in [5.41, 5.74) is 4.10. The summed E-state index contributed by atoms with van der Waals surface area (Å²) in [7, 11) is 0. The number of carbonyl (C=O) groups is 1. The van der Waals surface area contributed by atoms with Crippen molar-refractivity contribution in [2.24, 2.45) is 0 Å². The van der Waals surface area contributed by atoms with Crippen LogP contribution in [0.25, 0.3) is 27.8 Å². The minimum absolute atomic E-state index is 0.0286. The number of hydrogen-bond acceptors (Lipinski definition) is 5. The van der Waals surface area contributed by atoms with E-state index in [2.05, 4.69) is 15.0 Å². The van der Waals surface area contributed by atoms with E-state index in [4.69, 9.17) is 4.74 Å². The molecule has 0 atom stereocenters. The van der Waals surface area contributed by atoms with Crippen molar-refractivity contribution in [2.45, 2.75) is 32.2 Å². The molecule has 0 saturated heterocycles. The first-order valence-corrected chi connectivity index (χ1v) is 13.9. The lowest BCUT2D eigenvalue weighted by Gasteiger charge is -2.19. The second-order valence-corrected chi connectivity index (χ2v) is 10.3. The summed E-state index contributed by atoms with van der Waals surface area (Å²) in [6, 6.07) is 23.4. The van der Waals surface area contributed by atoms with E-state index in [1.807, 2.05) is 71.5 Å². The Bertz CT molecular complexity index is 1990. The van der Waals surface area contributed by atoms with Crippen LogP contribution in [0.2, 0.25) is 0 Å². The molecular weight excluding hydrogens is 533 g/mol. The topological polar surface area (TPSA) is 94.8 Å². The molecule has 0 bridgehead atoms. The molecule has 1 aliphatic rings. The number of Topliss-reactive ketones (excluding diaryl/α,β-unsaturated/α-hetero) is 1. The average molecular weight is 560 g/mol. The van der Waals surface area contributed by atoms with Crippen molar-refractivity contribution >= 4 is 16.8 Å². The number of aromatic amines is 1. The average Bonchev–Trinajstić information content (AvgIpc) is 3.58. The molecule has 0 saturated carbocycles. The van der Waals surface area contributed by atoms with Crippen molar-refractivity contribution < 1.29 is 13.9 Å². The Morgan fingerprint density at radius 2 is 1.76 bits per heavy atom. The van der Waals surface area contributed by atoms with Crippen molar-refractivity contribution in [3.63, 3.8) is 0 Å². The van der Waals surface area contributed by atoms with Crippen molar-refractivity contribution in [3.8, 4) is 28.4 Å². The van der Waals surface area contributed by atoms with E-state index in [0.717, 1.165) is 29.7 Å². The van der Waals surface area contributed by atoms with Crippen LogP contribution in [0.1, 0.15) is 34.5 Å². The number of ether oxygens (including phenoxy) is 1. The lowest BCUT2D eigenvalue weighted by atomic mass is 9.99. The van der Waals surface area contributed by atoms with E-state index in [1.165, 1.54) is 18.5 Å². The Morgan fingerprint density at radius 3 is 2.55 bits per heavy atom. The second kappa shape index (κ2) is 10.6. The van der Waals surface area contributed by atoms with Crippen molar-refractivity contribution in [1.29, 1.82) is 0 Å². The third kappa shape index (κ3) is 4.49. The Labute approximate surface area is 240 Å². The van der Waals surface area contributed by atoms with E-state index < -0.39 is 5.82 Å². The lowest BCUT2D eigenvalue weighted by molar-refractivity contribution is 0.0990. The Hall–Kier alpha value is -5.31. The second-order valence-electron chi connectivity index (χ2n) is 10.3. The molecule has 0 unspecified atom stereocenters. The number of H-pyrrole nitrogens is 1. The number of fused-ring (bicyclic) bond motifs is 2. The van der Waals surface area contributed by atoms with Gasteiger partial charge in [0.25, 0.3) is 5.56 Å². The highest BCUT2D eigenvalue weighted by Crippen LogP contribution is 2.36. The molecule has 0 aliphatic carbocycles. The van der Waals surface area contributed by atoms with Gasteiger partial charge < -0.3 is 9.72 Å². The van der Waals surface area contributed by atoms with Gasteiger partial charge >= 0.3 is 0 Å². The smallest absolute Gasteiger partial charge is 0.282 e. The maximum atomic E-state index is 15.4. The van der Waals surface area contributed by atoms with Gasteiger partial charge in [0.05, 0.1) is 16.8 Å². The molecule has 3 aromatic heterocycles. The number of rotatable bonds is 7. The lowest BCUT2D eigenvalue weighted by Crippen LogP contribution is -2.24. The van der Waals surface area contributed by atoms with Crippen LogP contribution in [-0.4, -0.2) is 30.1 Å². The van der Waals surface area contributed by atoms with Crippen molar-refractivity contribution in [1.82, 2.24) is 24.3 Å². The molecule has 9 heteroatoms. The van der Waals surface area contributed by atoms with E-state index in [0.29, 0.717) is 35.2 Å². The van der Waals surface area contributed by atoms with Crippen molar-refractivity contribution in [2.75, 3.05) is 0 Å². The van der Waals surface area contributed by atoms with Crippen molar-refractivity contribution in [3.05, 3.63) is 124 Å². The number of aromatic nitrogens is 5. The third-order valence-electron chi connectivity index (χ3n) is 7.65. The zero-order valence-electron chi connectivity index (χ0n) is 22.6. The fraction of sp³-hybridized carbons (Fsp3) is 0.152. The standard InChI is InChI=1S/C33H26FN5O3/c34-25-17-21(18-27(40)30-26-13-7-8-16-38(26)39(33(30)41)23-11-5-2-6-12-23)14-15-28(25)42-32-29-24(22-9-3-1-4-10-22)19-35-31(29)36-20-37-32/h1-6,9-12,14-15,17,19-20H,7-8,13,16,18H2,(H,35,36,37). The van der Waals surface area contributed by atoms with E-state index in [9.17, 15) is 9.59 Å². The zero-order chi connectivity index (χ0) is 28.6. The predicted octanol–water partition coefficient (Wildman–Crippen LogP) is 6.27. The summed E-state index contributed by atoms with van der Waals surface area (Å²) in [6.07, 6.45) is 5.56. The number of nitrogens with zero attached hydrogens (tertiary/aromatic N) is 4. The largest absolute Gasteiger partial charge is 0.435 e. The summed E-state index contributed by atoms with van der Waals surface area (Å²) in [4.78, 5) is 38.7. The highest BCUT2D eigenvalue weighted by atomic mass is 19.1. The van der Waals surface area contributed by atoms with Crippen LogP contribution in [-0.2, 0) is 19.4 Å². The molecule has 1 N–H and O–H groups in total. The molecule has 6 aromatic rings. The van der Waals surface area contributed by atoms with E-state index in [-0.39, 0.29) is 35.0 Å². The molecule has 0 spiro atoms. The van der Waals surface area contributed by atoms with E-state index in [1.54, 1.807) is 10.7 Å². The van der Waals surface area contributed by atoms with Gasteiger partial charge in [-0.1, -0.05) is 54.6 Å². The molecule has 0 radical (unpaired) electrons. The van der Waals surface area contributed by atoms with Gasteiger partial charge in [-0.25, -0.2) is 19.0 Å².